The third-order valence-electron chi connectivity index (χ3n) is 5.80. The fourth-order valence-corrected chi connectivity index (χ4v) is 3.86. The summed E-state index contributed by atoms with van der Waals surface area (Å²) in [7, 11) is 1.86. The van der Waals surface area contributed by atoms with Crippen LogP contribution < -0.4 is 15.0 Å². The number of nitrogens with zero attached hydrogens (tertiary/aromatic N) is 3. The molecule has 0 unspecified atom stereocenters. The molecule has 2 N–H and O–H groups in total. The van der Waals surface area contributed by atoms with Crippen molar-refractivity contribution in [3.05, 3.63) is 36.2 Å². The van der Waals surface area contributed by atoms with Gasteiger partial charge in [0.15, 0.2) is 5.82 Å². The third kappa shape index (κ3) is 7.06. The molecule has 34 heavy (non-hydrogen) atoms. The maximum absolute atomic E-state index is 12.9. The molecule has 3 rings (SSSR count). The van der Waals surface area contributed by atoms with E-state index in [0.717, 1.165) is 19.3 Å². The van der Waals surface area contributed by atoms with Crippen LogP contribution in [0.15, 0.2) is 30.5 Å². The molecule has 1 amide bonds. The predicted octanol–water partition coefficient (Wildman–Crippen LogP) is 4.56. The molecule has 0 bridgehead atoms. The van der Waals surface area contributed by atoms with Crippen molar-refractivity contribution in [1.29, 1.82) is 0 Å². The van der Waals surface area contributed by atoms with Gasteiger partial charge in [0.1, 0.15) is 17.1 Å². The maximum atomic E-state index is 12.9. The van der Waals surface area contributed by atoms with Crippen molar-refractivity contribution in [2.24, 2.45) is 5.92 Å². The van der Waals surface area contributed by atoms with Crippen molar-refractivity contribution in [3.63, 3.8) is 0 Å². The molecule has 10 heteroatoms. The molecular weight excluding hydrogens is 449 g/mol. The van der Waals surface area contributed by atoms with E-state index in [-0.39, 0.29) is 17.5 Å². The first-order valence-electron chi connectivity index (χ1n) is 11.5. The number of alkyl halides is 3. The Balaban J connectivity index is 1.90. The van der Waals surface area contributed by atoms with Crippen LogP contribution in [0.3, 0.4) is 0 Å². The van der Waals surface area contributed by atoms with Gasteiger partial charge in [-0.3, -0.25) is 4.79 Å². The lowest BCUT2D eigenvalue weighted by Gasteiger charge is -2.28. The zero-order valence-corrected chi connectivity index (χ0v) is 19.6. The van der Waals surface area contributed by atoms with Gasteiger partial charge < -0.3 is 20.1 Å². The average molecular weight is 481 g/mol. The van der Waals surface area contributed by atoms with Crippen molar-refractivity contribution >= 4 is 11.7 Å². The Morgan fingerprint density at radius 3 is 2.53 bits per heavy atom. The number of benzene rings is 1. The van der Waals surface area contributed by atoms with Crippen LogP contribution in [0, 0.1) is 5.92 Å². The lowest BCUT2D eigenvalue weighted by atomic mass is 9.92. The minimum absolute atomic E-state index is 0.0735. The van der Waals surface area contributed by atoms with Crippen molar-refractivity contribution in [2.75, 3.05) is 18.5 Å². The summed E-state index contributed by atoms with van der Waals surface area (Å²) in [5, 5.41) is 13.0. The first kappa shape index (κ1) is 25.7. The Morgan fingerprint density at radius 1 is 1.24 bits per heavy atom. The predicted molar refractivity (Wildman–Crippen MR) is 123 cm³/mol. The van der Waals surface area contributed by atoms with Crippen molar-refractivity contribution in [2.45, 2.75) is 64.5 Å². The average Bonchev–Trinajstić information content (AvgIpc) is 2.78. The van der Waals surface area contributed by atoms with Gasteiger partial charge in [-0.25, -0.2) is 9.97 Å². The van der Waals surface area contributed by atoms with Crippen LogP contribution >= 0.6 is 0 Å². The summed E-state index contributed by atoms with van der Waals surface area (Å²) in [6, 6.07) is 4.97. The second kappa shape index (κ2) is 11.0. The molecule has 1 aromatic heterocycles. The number of aliphatic hydroxyl groups is 1. The first-order chi connectivity index (χ1) is 16.0. The summed E-state index contributed by atoms with van der Waals surface area (Å²) in [5.74, 6) is 0.177. The lowest BCUT2D eigenvalue weighted by Crippen LogP contribution is -2.45. The van der Waals surface area contributed by atoms with Crippen LogP contribution in [0.2, 0.25) is 0 Å². The molecule has 2 atom stereocenters. The molecule has 1 fully saturated rings. The van der Waals surface area contributed by atoms with Crippen LogP contribution in [-0.2, 0) is 0 Å². The normalized spacial score (nSPS) is 18.6. The molecule has 186 valence electrons. The van der Waals surface area contributed by atoms with E-state index in [4.69, 9.17) is 0 Å². The Bertz CT molecular complexity index is 967. The number of hydrogen-bond acceptors (Lipinski definition) is 6. The molecular formula is C24H31F3N4O3. The van der Waals surface area contributed by atoms with Crippen molar-refractivity contribution in [3.8, 4) is 17.0 Å². The quantitative estimate of drug-likeness (QED) is 0.576. The summed E-state index contributed by atoms with van der Waals surface area (Å²) in [6.45, 7) is 4.90. The second-order valence-corrected chi connectivity index (χ2v) is 9.04. The molecule has 0 aliphatic heterocycles. The van der Waals surface area contributed by atoms with Crippen LogP contribution in [0.4, 0.5) is 19.0 Å². The highest BCUT2D eigenvalue weighted by Crippen LogP contribution is 2.30. The summed E-state index contributed by atoms with van der Waals surface area (Å²) in [6.07, 6.45) is 0.0537. The van der Waals surface area contributed by atoms with Crippen LogP contribution in [0.25, 0.3) is 11.3 Å². The van der Waals surface area contributed by atoms with E-state index >= 15 is 0 Å². The number of amides is 1. The molecule has 2 aromatic rings. The number of anilines is 1. The first-order valence-corrected chi connectivity index (χ1v) is 11.5. The smallest absolute Gasteiger partial charge is 0.406 e. The monoisotopic (exact) mass is 480 g/mol. The van der Waals surface area contributed by atoms with E-state index in [1.807, 2.05) is 11.9 Å². The Labute approximate surface area is 197 Å². The second-order valence-electron chi connectivity index (χ2n) is 9.04. The van der Waals surface area contributed by atoms with Crippen molar-refractivity contribution < 1.29 is 27.8 Å². The topological polar surface area (TPSA) is 87.6 Å². The van der Waals surface area contributed by atoms with Gasteiger partial charge in [-0.1, -0.05) is 26.7 Å². The van der Waals surface area contributed by atoms with E-state index in [2.05, 4.69) is 33.9 Å². The van der Waals surface area contributed by atoms with Gasteiger partial charge in [-0.15, -0.1) is 13.2 Å². The van der Waals surface area contributed by atoms with E-state index < -0.39 is 18.4 Å². The fourth-order valence-electron chi connectivity index (χ4n) is 3.86. The number of ether oxygens (including phenoxy) is 1. The van der Waals surface area contributed by atoms with Gasteiger partial charge >= 0.3 is 6.36 Å². The largest absolute Gasteiger partial charge is 0.573 e. The number of aromatic nitrogens is 2. The lowest BCUT2D eigenvalue weighted by molar-refractivity contribution is -0.274. The van der Waals surface area contributed by atoms with Crippen molar-refractivity contribution in [1.82, 2.24) is 15.3 Å². The molecule has 1 aromatic carbocycles. The van der Waals surface area contributed by atoms with Gasteiger partial charge in [0.2, 0.25) is 0 Å². The summed E-state index contributed by atoms with van der Waals surface area (Å²) >= 11 is 0. The highest BCUT2D eigenvalue weighted by molar-refractivity contribution is 5.93. The van der Waals surface area contributed by atoms with Gasteiger partial charge in [-0.2, -0.15) is 0 Å². The fraction of sp³-hybridized carbons (Fsp3) is 0.542. The SMILES string of the molecule is CC(C)CCN(C)c1ncc(C(=O)N[C@@H]2CCCC[C@H]2O)nc1-c1ccc(OC(F)(F)F)cc1. The minimum atomic E-state index is -4.79. The van der Waals surface area contributed by atoms with Gasteiger partial charge in [0.05, 0.1) is 18.3 Å². The van der Waals surface area contributed by atoms with Crippen LogP contribution in [0.5, 0.6) is 5.75 Å². The molecule has 7 nitrogen and oxygen atoms in total. The molecule has 0 spiro atoms. The van der Waals surface area contributed by atoms with E-state index in [0.29, 0.717) is 42.4 Å². The molecule has 0 radical (unpaired) electrons. The molecule has 1 heterocycles. The number of nitrogens with one attached hydrogen (secondary N) is 1. The van der Waals surface area contributed by atoms with Crippen LogP contribution in [-0.4, -0.2) is 53.1 Å². The van der Waals surface area contributed by atoms with Gasteiger partial charge in [0, 0.05) is 19.2 Å². The third-order valence-corrected chi connectivity index (χ3v) is 5.80. The Kier molecular flexibility index (Phi) is 8.35. The number of aliphatic hydroxyl groups excluding tert-OH is 1. The highest BCUT2D eigenvalue weighted by atomic mass is 19.4. The molecule has 0 saturated heterocycles. The zero-order valence-electron chi connectivity index (χ0n) is 19.6. The zero-order chi connectivity index (χ0) is 24.9. The number of carbonyl (C=O) groups is 1. The number of rotatable bonds is 8. The maximum Gasteiger partial charge on any atom is 0.573 e. The van der Waals surface area contributed by atoms with Gasteiger partial charge in [0.25, 0.3) is 5.91 Å². The molecule has 1 aliphatic rings. The Hall–Kier alpha value is -2.88. The van der Waals surface area contributed by atoms with E-state index in [1.54, 1.807) is 0 Å². The van der Waals surface area contributed by atoms with E-state index in [1.165, 1.54) is 30.5 Å². The number of halogens is 3. The summed E-state index contributed by atoms with van der Waals surface area (Å²) in [4.78, 5) is 23.8. The van der Waals surface area contributed by atoms with Gasteiger partial charge in [-0.05, 0) is 49.4 Å². The minimum Gasteiger partial charge on any atom is -0.406 e. The molecule has 1 saturated carbocycles. The number of carbonyl (C=O) groups excluding carboxylic acids is 1. The number of hydrogen-bond donors (Lipinski definition) is 2. The Morgan fingerprint density at radius 2 is 1.91 bits per heavy atom. The van der Waals surface area contributed by atoms with Crippen LogP contribution in [0.1, 0.15) is 56.4 Å². The summed E-state index contributed by atoms with van der Waals surface area (Å²) < 4.78 is 41.6. The highest BCUT2D eigenvalue weighted by Gasteiger charge is 2.31. The van der Waals surface area contributed by atoms with E-state index in [9.17, 15) is 23.1 Å². The standard InChI is InChI=1S/C24H31F3N4O3/c1-15(2)12-13-31(3)22-21(16-8-10-17(11-9-16)34-24(25,26)27)29-19(14-28-22)23(33)30-18-6-4-5-7-20(18)32/h8-11,14-15,18,20,32H,4-7,12-13H2,1-3H3,(H,30,33)/t18-,20-/m1/s1. The molecule has 1 aliphatic carbocycles. The summed E-state index contributed by atoms with van der Waals surface area (Å²) in [5.41, 5.74) is 0.951.